The highest BCUT2D eigenvalue weighted by Gasteiger charge is 2.29. The maximum Gasteiger partial charge on any atom is 0.230 e. The summed E-state index contributed by atoms with van der Waals surface area (Å²) < 4.78 is 24.5. The van der Waals surface area contributed by atoms with Crippen LogP contribution in [-0.2, 0) is 13.1 Å². The molecular weight excluding hydrogens is 416 g/mol. The molecule has 166 valence electrons. The third kappa shape index (κ3) is 2.81. The predicted octanol–water partition coefficient (Wildman–Crippen LogP) is 4.95. The summed E-state index contributed by atoms with van der Waals surface area (Å²) in [5.74, 6) is 3.54. The van der Waals surface area contributed by atoms with Gasteiger partial charge in [-0.3, -0.25) is 9.80 Å². The van der Waals surface area contributed by atoms with Gasteiger partial charge in [-0.2, -0.15) is 0 Å². The van der Waals surface area contributed by atoms with Gasteiger partial charge >= 0.3 is 0 Å². The second-order valence-corrected chi connectivity index (χ2v) is 9.14. The molecule has 0 aliphatic carbocycles. The van der Waals surface area contributed by atoms with Gasteiger partial charge in [0, 0.05) is 46.1 Å². The van der Waals surface area contributed by atoms with E-state index in [0.717, 1.165) is 58.0 Å². The Morgan fingerprint density at radius 3 is 1.42 bits per heavy atom. The zero-order valence-electron chi connectivity index (χ0n) is 18.7. The van der Waals surface area contributed by atoms with Crippen LogP contribution in [0.1, 0.15) is 11.1 Å². The van der Waals surface area contributed by atoms with Crippen molar-refractivity contribution < 1.29 is 18.9 Å². The SMILES string of the molecule is CN1COc2ccc3ccc4c(c3c2C1)-c1c(ccc2ccc3c(c12)CN(C)CO3)OCO4. The van der Waals surface area contributed by atoms with Crippen molar-refractivity contribution in [2.24, 2.45) is 0 Å². The Balaban J connectivity index is 1.65. The summed E-state index contributed by atoms with van der Waals surface area (Å²) in [5, 5.41) is 4.66. The van der Waals surface area contributed by atoms with Crippen LogP contribution >= 0.6 is 0 Å². The van der Waals surface area contributed by atoms with E-state index in [1.54, 1.807) is 0 Å². The number of nitrogens with zero attached hydrogens (tertiary/aromatic N) is 2. The molecule has 4 aromatic rings. The second-order valence-electron chi connectivity index (χ2n) is 9.14. The fourth-order valence-electron chi connectivity index (χ4n) is 5.37. The Kier molecular flexibility index (Phi) is 4.04. The molecule has 0 saturated carbocycles. The van der Waals surface area contributed by atoms with E-state index in [-0.39, 0.29) is 6.79 Å². The van der Waals surface area contributed by atoms with Crippen LogP contribution in [0.4, 0.5) is 0 Å². The highest BCUT2D eigenvalue weighted by atomic mass is 16.7. The first-order valence-electron chi connectivity index (χ1n) is 11.2. The summed E-state index contributed by atoms with van der Waals surface area (Å²) in [5.41, 5.74) is 4.51. The van der Waals surface area contributed by atoms with Gasteiger partial charge in [0.1, 0.15) is 36.5 Å². The van der Waals surface area contributed by atoms with Crippen molar-refractivity contribution in [3.8, 4) is 34.1 Å². The average Bonchev–Trinajstić information content (AvgIpc) is 3.02. The van der Waals surface area contributed by atoms with E-state index >= 15 is 0 Å². The average molecular weight is 440 g/mol. The molecule has 3 heterocycles. The summed E-state index contributed by atoms with van der Waals surface area (Å²) in [4.78, 5) is 4.37. The van der Waals surface area contributed by atoms with Gasteiger partial charge in [0.05, 0.1) is 0 Å². The van der Waals surface area contributed by atoms with E-state index in [1.807, 2.05) is 0 Å². The number of ether oxygens (including phenoxy) is 4. The Morgan fingerprint density at radius 1 is 0.545 bits per heavy atom. The monoisotopic (exact) mass is 440 g/mol. The lowest BCUT2D eigenvalue weighted by Gasteiger charge is -2.29. The van der Waals surface area contributed by atoms with Crippen molar-refractivity contribution in [3.63, 3.8) is 0 Å². The zero-order chi connectivity index (χ0) is 22.1. The topological polar surface area (TPSA) is 43.4 Å². The predicted molar refractivity (Wildman–Crippen MR) is 127 cm³/mol. The van der Waals surface area contributed by atoms with Crippen molar-refractivity contribution in [1.82, 2.24) is 9.80 Å². The minimum atomic E-state index is 0.174. The molecule has 3 aliphatic heterocycles. The highest BCUT2D eigenvalue weighted by Crippen LogP contribution is 2.51. The van der Waals surface area contributed by atoms with Crippen LogP contribution in [0, 0.1) is 0 Å². The fourth-order valence-corrected chi connectivity index (χ4v) is 5.37. The van der Waals surface area contributed by atoms with Crippen LogP contribution in [-0.4, -0.2) is 44.1 Å². The van der Waals surface area contributed by atoms with Crippen molar-refractivity contribution in [1.29, 1.82) is 0 Å². The van der Waals surface area contributed by atoms with Crippen LogP contribution in [0.3, 0.4) is 0 Å². The van der Waals surface area contributed by atoms with Crippen LogP contribution in [0.15, 0.2) is 48.5 Å². The van der Waals surface area contributed by atoms with Gasteiger partial charge in [0.25, 0.3) is 0 Å². The van der Waals surface area contributed by atoms with Crippen LogP contribution in [0.5, 0.6) is 23.0 Å². The van der Waals surface area contributed by atoms with E-state index in [1.165, 1.54) is 21.9 Å². The number of hydrogen-bond donors (Lipinski definition) is 0. The molecular formula is C27H24N2O4. The largest absolute Gasteiger partial charge is 0.478 e. The van der Waals surface area contributed by atoms with E-state index in [4.69, 9.17) is 18.9 Å². The van der Waals surface area contributed by atoms with Gasteiger partial charge in [-0.1, -0.05) is 24.3 Å². The normalized spacial score (nSPS) is 17.5. The number of benzene rings is 4. The molecule has 7 rings (SSSR count). The molecule has 0 radical (unpaired) electrons. The van der Waals surface area contributed by atoms with Gasteiger partial charge in [-0.05, 0) is 49.1 Å². The lowest BCUT2D eigenvalue weighted by atomic mass is 9.87. The first-order valence-corrected chi connectivity index (χ1v) is 11.2. The number of rotatable bonds is 0. The van der Waals surface area contributed by atoms with Gasteiger partial charge in [-0.15, -0.1) is 0 Å². The molecule has 4 aromatic carbocycles. The Bertz CT molecular complexity index is 1340. The zero-order valence-corrected chi connectivity index (χ0v) is 18.7. The maximum atomic E-state index is 6.15. The first-order chi connectivity index (χ1) is 16.2. The number of hydrogen-bond acceptors (Lipinski definition) is 6. The highest BCUT2D eigenvalue weighted by molar-refractivity contribution is 6.12. The van der Waals surface area contributed by atoms with Gasteiger partial charge in [-0.25, -0.2) is 0 Å². The Morgan fingerprint density at radius 2 is 0.970 bits per heavy atom. The van der Waals surface area contributed by atoms with E-state index in [9.17, 15) is 0 Å². The third-order valence-corrected chi connectivity index (χ3v) is 6.84. The van der Waals surface area contributed by atoms with Crippen molar-refractivity contribution >= 4 is 21.5 Å². The molecule has 33 heavy (non-hydrogen) atoms. The van der Waals surface area contributed by atoms with Crippen LogP contribution < -0.4 is 18.9 Å². The maximum absolute atomic E-state index is 6.15. The smallest absolute Gasteiger partial charge is 0.230 e. The van der Waals surface area contributed by atoms with Gasteiger partial charge in [0.2, 0.25) is 6.79 Å². The van der Waals surface area contributed by atoms with E-state index in [0.29, 0.717) is 13.5 Å². The molecule has 0 spiro atoms. The summed E-state index contributed by atoms with van der Waals surface area (Å²) >= 11 is 0. The van der Waals surface area contributed by atoms with Crippen molar-refractivity contribution in [3.05, 3.63) is 59.7 Å². The molecule has 0 saturated heterocycles. The quantitative estimate of drug-likeness (QED) is 0.385. The molecule has 0 unspecified atom stereocenters. The minimum Gasteiger partial charge on any atom is -0.478 e. The first kappa shape index (κ1) is 19.0. The molecule has 3 aliphatic rings. The standard InChI is InChI=1S/C27H24N2O4/c1-28-11-18-20(30-13-28)7-3-16-5-9-22-26(24(16)18)27-23(33-15-32-22)10-6-17-4-8-21-19(25(17)27)12-29(2)14-31-21/h3-10H,11-15H2,1-2H3. The summed E-state index contributed by atoms with van der Waals surface area (Å²) in [7, 11) is 4.16. The molecule has 0 fully saturated rings. The number of fused-ring (bicyclic) bond motifs is 11. The summed E-state index contributed by atoms with van der Waals surface area (Å²) in [6, 6.07) is 16.8. The Hall–Kier alpha value is -3.48. The molecule has 0 bridgehead atoms. The molecule has 0 amide bonds. The molecule has 0 atom stereocenters. The second kappa shape index (κ2) is 7.01. The molecule has 6 heteroatoms. The Labute approximate surface area is 191 Å². The van der Waals surface area contributed by atoms with Gasteiger partial charge in [0.15, 0.2) is 0 Å². The van der Waals surface area contributed by atoms with Gasteiger partial charge < -0.3 is 18.9 Å². The van der Waals surface area contributed by atoms with Crippen molar-refractivity contribution in [2.45, 2.75) is 13.1 Å². The van der Waals surface area contributed by atoms with Crippen LogP contribution in [0.25, 0.3) is 32.7 Å². The minimum absolute atomic E-state index is 0.174. The lowest BCUT2D eigenvalue weighted by molar-refractivity contribution is 0.122. The lowest BCUT2D eigenvalue weighted by Crippen LogP contribution is -2.28. The fraction of sp³-hybridized carbons (Fsp3) is 0.259. The van der Waals surface area contributed by atoms with Crippen molar-refractivity contribution in [2.75, 3.05) is 34.3 Å². The van der Waals surface area contributed by atoms with E-state index < -0.39 is 0 Å². The summed E-state index contributed by atoms with van der Waals surface area (Å²) in [6.45, 7) is 2.98. The third-order valence-electron chi connectivity index (χ3n) is 6.84. The molecule has 0 N–H and O–H groups in total. The van der Waals surface area contributed by atoms with E-state index in [2.05, 4.69) is 72.4 Å². The molecule has 6 nitrogen and oxygen atoms in total. The molecule has 0 aromatic heterocycles. The summed E-state index contributed by atoms with van der Waals surface area (Å²) in [6.07, 6.45) is 0. The van der Waals surface area contributed by atoms with Crippen LogP contribution in [0.2, 0.25) is 0 Å².